The molecule has 0 atom stereocenters. The standard InChI is InChI=1S/C24H28ClN7O3S/c1-3-31-11-12-32(4-2)23(33)18-10-9-17(13-21(18)31)28-24-26-15-19(25)22(30-24)29-20-8-6-5-7-16(20)14-27-36(34)35/h5-10,13,15,36H,3-4,11-12,14H2,1-2H3,(H,27,34,35)(H2,26,28,29,30). The van der Waals surface area contributed by atoms with Gasteiger partial charge in [-0.3, -0.25) is 4.79 Å². The molecule has 0 saturated heterocycles. The van der Waals surface area contributed by atoms with E-state index in [1.807, 2.05) is 48.2 Å². The number of benzene rings is 2. The van der Waals surface area contributed by atoms with Crippen LogP contribution in [0.2, 0.25) is 5.02 Å². The minimum Gasteiger partial charge on any atom is -0.369 e. The lowest BCUT2D eigenvalue weighted by molar-refractivity contribution is 0.0775. The Bertz CT molecular complexity index is 1330. The van der Waals surface area contributed by atoms with Crippen LogP contribution in [0.25, 0.3) is 0 Å². The molecule has 3 aromatic rings. The van der Waals surface area contributed by atoms with Gasteiger partial charge in [-0.05, 0) is 43.7 Å². The molecule has 0 fully saturated rings. The molecule has 2 aromatic carbocycles. The molecule has 1 aromatic heterocycles. The smallest absolute Gasteiger partial charge is 0.256 e. The maximum atomic E-state index is 13.0. The molecule has 12 heteroatoms. The summed E-state index contributed by atoms with van der Waals surface area (Å²) in [5, 5.41) is 6.67. The summed E-state index contributed by atoms with van der Waals surface area (Å²) in [7, 11) is -2.72. The van der Waals surface area contributed by atoms with E-state index < -0.39 is 10.9 Å². The van der Waals surface area contributed by atoms with E-state index in [0.29, 0.717) is 41.1 Å². The largest absolute Gasteiger partial charge is 0.369 e. The van der Waals surface area contributed by atoms with Crippen LogP contribution in [0, 0.1) is 0 Å². The van der Waals surface area contributed by atoms with Crippen molar-refractivity contribution >= 4 is 57.2 Å². The third-order valence-electron chi connectivity index (χ3n) is 5.93. The minimum atomic E-state index is -2.72. The summed E-state index contributed by atoms with van der Waals surface area (Å²) in [6.07, 6.45) is 1.49. The van der Waals surface area contributed by atoms with E-state index in [4.69, 9.17) is 11.6 Å². The first-order valence-electron chi connectivity index (χ1n) is 11.6. The number of carbonyl (C=O) groups is 1. The third kappa shape index (κ3) is 5.86. The van der Waals surface area contributed by atoms with Crippen LogP contribution in [0.15, 0.2) is 48.7 Å². The Balaban J connectivity index is 1.59. The quantitative estimate of drug-likeness (QED) is 0.311. The van der Waals surface area contributed by atoms with E-state index in [0.717, 1.165) is 30.0 Å². The number of para-hydroxylation sites is 1. The van der Waals surface area contributed by atoms with E-state index in [9.17, 15) is 13.2 Å². The number of fused-ring (bicyclic) bond motifs is 1. The van der Waals surface area contributed by atoms with Crippen LogP contribution in [-0.2, 0) is 17.4 Å². The Labute approximate surface area is 216 Å². The number of carbonyl (C=O) groups excluding carboxylic acids is 1. The Morgan fingerprint density at radius 3 is 2.53 bits per heavy atom. The molecule has 3 N–H and O–H groups in total. The zero-order valence-corrected chi connectivity index (χ0v) is 21.6. The Morgan fingerprint density at radius 2 is 1.78 bits per heavy atom. The molecule has 0 bridgehead atoms. The molecular weight excluding hydrogens is 502 g/mol. The van der Waals surface area contributed by atoms with Crippen LogP contribution in [0.4, 0.5) is 28.8 Å². The number of amides is 1. The van der Waals surface area contributed by atoms with Crippen molar-refractivity contribution in [3.63, 3.8) is 0 Å². The second-order valence-electron chi connectivity index (χ2n) is 8.09. The van der Waals surface area contributed by atoms with E-state index in [2.05, 4.69) is 37.1 Å². The molecule has 0 unspecified atom stereocenters. The highest BCUT2D eigenvalue weighted by Gasteiger charge is 2.25. The van der Waals surface area contributed by atoms with E-state index in [1.165, 1.54) is 6.20 Å². The topological polar surface area (TPSA) is 120 Å². The molecule has 0 spiro atoms. The van der Waals surface area contributed by atoms with Crippen LogP contribution >= 0.6 is 11.6 Å². The Morgan fingerprint density at radius 1 is 1.03 bits per heavy atom. The minimum absolute atomic E-state index is 0.0268. The van der Waals surface area contributed by atoms with Crippen LogP contribution in [-0.4, -0.2) is 55.4 Å². The SMILES string of the molecule is CCN1CCN(CC)c2cc(Nc3ncc(Cl)c(Nc4ccccc4CN[SH](=O)=O)n3)ccc2C1=O. The number of nitrogens with one attached hydrogen (secondary N) is 3. The molecule has 10 nitrogen and oxygen atoms in total. The summed E-state index contributed by atoms with van der Waals surface area (Å²) in [6, 6.07) is 12.9. The number of nitrogens with zero attached hydrogens (tertiary/aromatic N) is 4. The van der Waals surface area contributed by atoms with Crippen molar-refractivity contribution < 1.29 is 13.2 Å². The summed E-state index contributed by atoms with van der Waals surface area (Å²) in [6.45, 7) is 7.07. The first-order valence-corrected chi connectivity index (χ1v) is 13.2. The maximum absolute atomic E-state index is 13.0. The molecule has 2 heterocycles. The van der Waals surface area contributed by atoms with Crippen molar-refractivity contribution in [2.75, 3.05) is 41.7 Å². The van der Waals surface area contributed by atoms with Gasteiger partial charge in [-0.1, -0.05) is 29.8 Å². The van der Waals surface area contributed by atoms with Crippen molar-refractivity contribution in [1.29, 1.82) is 0 Å². The van der Waals surface area contributed by atoms with Gasteiger partial charge in [-0.15, -0.1) is 0 Å². The summed E-state index contributed by atoms with van der Waals surface area (Å²) in [5.74, 6) is 0.712. The molecule has 1 amide bonds. The number of halogens is 1. The molecule has 0 aliphatic carbocycles. The zero-order valence-electron chi connectivity index (χ0n) is 20.0. The number of hydrogen-bond acceptors (Lipinski definition) is 8. The summed E-state index contributed by atoms with van der Waals surface area (Å²) >= 11 is 6.35. The highest BCUT2D eigenvalue weighted by Crippen LogP contribution is 2.31. The molecule has 0 saturated carbocycles. The maximum Gasteiger partial charge on any atom is 0.256 e. The van der Waals surface area contributed by atoms with Gasteiger partial charge in [0.15, 0.2) is 5.82 Å². The number of likely N-dealkylation sites (N-methyl/N-ethyl adjacent to an activating group) is 2. The number of anilines is 5. The fraction of sp³-hybridized carbons (Fsp3) is 0.292. The average molecular weight is 530 g/mol. The fourth-order valence-electron chi connectivity index (χ4n) is 4.03. The van der Waals surface area contributed by atoms with Crippen molar-refractivity contribution in [2.24, 2.45) is 0 Å². The van der Waals surface area contributed by atoms with Gasteiger partial charge in [0.05, 0.1) is 17.4 Å². The third-order valence-corrected chi connectivity index (χ3v) is 6.62. The highest BCUT2D eigenvalue weighted by atomic mass is 35.5. The molecule has 1 aliphatic rings. The van der Waals surface area contributed by atoms with Crippen molar-refractivity contribution in [1.82, 2.24) is 19.6 Å². The second-order valence-corrected chi connectivity index (χ2v) is 9.32. The first-order chi connectivity index (χ1) is 17.4. The lowest BCUT2D eigenvalue weighted by Crippen LogP contribution is -2.34. The predicted molar refractivity (Wildman–Crippen MR) is 143 cm³/mol. The molecule has 190 valence electrons. The van der Waals surface area contributed by atoms with Crippen molar-refractivity contribution in [2.45, 2.75) is 20.4 Å². The Hall–Kier alpha value is -3.41. The number of rotatable bonds is 9. The molecule has 36 heavy (non-hydrogen) atoms. The number of aromatic nitrogens is 2. The van der Waals surface area contributed by atoms with Gasteiger partial charge < -0.3 is 20.4 Å². The van der Waals surface area contributed by atoms with E-state index >= 15 is 0 Å². The van der Waals surface area contributed by atoms with Crippen molar-refractivity contribution in [3.8, 4) is 0 Å². The Kier molecular flexibility index (Phi) is 8.24. The van der Waals surface area contributed by atoms with Crippen molar-refractivity contribution in [3.05, 3.63) is 64.8 Å². The molecule has 4 rings (SSSR count). The number of hydrogen-bond donors (Lipinski definition) is 4. The fourth-order valence-corrected chi connectivity index (χ4v) is 4.47. The van der Waals surface area contributed by atoms with Crippen LogP contribution < -0.4 is 20.3 Å². The van der Waals surface area contributed by atoms with Gasteiger partial charge in [0.1, 0.15) is 5.02 Å². The summed E-state index contributed by atoms with van der Waals surface area (Å²) in [4.78, 5) is 25.8. The van der Waals surface area contributed by atoms with Gasteiger partial charge in [0, 0.05) is 44.1 Å². The van der Waals surface area contributed by atoms with E-state index in [-0.39, 0.29) is 12.5 Å². The zero-order chi connectivity index (χ0) is 25.7. The van der Waals surface area contributed by atoms with Gasteiger partial charge in [0.25, 0.3) is 5.91 Å². The predicted octanol–water partition coefficient (Wildman–Crippen LogP) is 3.54. The van der Waals surface area contributed by atoms with Crippen LogP contribution in [0.1, 0.15) is 29.8 Å². The van der Waals surface area contributed by atoms with E-state index in [1.54, 1.807) is 6.07 Å². The van der Waals surface area contributed by atoms with Crippen LogP contribution in [0.5, 0.6) is 0 Å². The number of thiol groups is 1. The lowest BCUT2D eigenvalue weighted by atomic mass is 10.1. The van der Waals surface area contributed by atoms with Gasteiger partial charge in [0.2, 0.25) is 16.8 Å². The first kappa shape index (κ1) is 25.7. The lowest BCUT2D eigenvalue weighted by Gasteiger charge is -2.23. The van der Waals surface area contributed by atoms with Gasteiger partial charge in [-0.25, -0.2) is 18.1 Å². The van der Waals surface area contributed by atoms with Gasteiger partial charge >= 0.3 is 0 Å². The van der Waals surface area contributed by atoms with Crippen LogP contribution in [0.3, 0.4) is 0 Å². The molecule has 0 radical (unpaired) electrons. The summed E-state index contributed by atoms with van der Waals surface area (Å²) < 4.78 is 24.3. The van der Waals surface area contributed by atoms with Gasteiger partial charge in [-0.2, -0.15) is 4.98 Å². The summed E-state index contributed by atoms with van der Waals surface area (Å²) in [5.41, 5.74) is 3.68. The molecular formula is C24H28ClN7O3S. The molecule has 1 aliphatic heterocycles. The highest BCUT2D eigenvalue weighted by molar-refractivity contribution is 7.70. The monoisotopic (exact) mass is 529 g/mol. The second kappa shape index (κ2) is 11.5. The normalized spacial score (nSPS) is 13.5. The average Bonchev–Trinajstić information content (AvgIpc) is 3.01.